The van der Waals surface area contributed by atoms with Crippen molar-refractivity contribution in [3.63, 3.8) is 0 Å². The number of rotatable bonds is 6. The first kappa shape index (κ1) is 17.7. The monoisotopic (exact) mass is 370 g/mol. The van der Waals surface area contributed by atoms with Crippen molar-refractivity contribution in [1.82, 2.24) is 10.9 Å². The molecular formula is C14H15BrN2O5. The zero-order valence-electron chi connectivity index (χ0n) is 11.8. The Labute approximate surface area is 135 Å². The van der Waals surface area contributed by atoms with E-state index in [4.69, 9.17) is 4.74 Å². The van der Waals surface area contributed by atoms with Crippen LogP contribution in [0.4, 0.5) is 0 Å². The summed E-state index contributed by atoms with van der Waals surface area (Å²) >= 11 is 3.28. The molecular weight excluding hydrogens is 356 g/mol. The Hall–Kier alpha value is -2.35. The summed E-state index contributed by atoms with van der Waals surface area (Å²) in [5.41, 5.74) is 4.24. The quantitative estimate of drug-likeness (QED) is 0.444. The fourth-order valence-electron chi connectivity index (χ4n) is 1.21. The zero-order valence-corrected chi connectivity index (χ0v) is 13.4. The maximum atomic E-state index is 11.4. The van der Waals surface area contributed by atoms with Crippen molar-refractivity contribution in [3.05, 3.63) is 40.9 Å². The van der Waals surface area contributed by atoms with E-state index in [-0.39, 0.29) is 6.61 Å². The molecule has 0 saturated carbocycles. The lowest BCUT2D eigenvalue weighted by Crippen LogP contribution is -2.45. The third kappa shape index (κ3) is 7.44. The van der Waals surface area contributed by atoms with Crippen LogP contribution in [0.25, 0.3) is 0 Å². The number of benzene rings is 1. The molecule has 1 aromatic rings. The molecule has 0 bridgehead atoms. The standard InChI is InChI=1S/C14H15BrN2O5/c1-2-3-14(20)22-9-13(19)17-16-12(18)8-21-11-6-4-10(15)5-7-11/h2-7H,8-9H2,1H3,(H,16,18)(H,17,19)/b3-2+. The lowest BCUT2D eigenvalue weighted by Gasteiger charge is -2.08. The van der Waals surface area contributed by atoms with Crippen LogP contribution in [0.2, 0.25) is 0 Å². The number of hydrogen-bond acceptors (Lipinski definition) is 5. The largest absolute Gasteiger partial charge is 0.484 e. The zero-order chi connectivity index (χ0) is 16.4. The van der Waals surface area contributed by atoms with Gasteiger partial charge in [-0.25, -0.2) is 4.79 Å². The van der Waals surface area contributed by atoms with E-state index in [1.54, 1.807) is 31.2 Å². The highest BCUT2D eigenvalue weighted by atomic mass is 79.9. The van der Waals surface area contributed by atoms with Crippen LogP contribution >= 0.6 is 15.9 Å². The van der Waals surface area contributed by atoms with Gasteiger partial charge < -0.3 is 9.47 Å². The maximum Gasteiger partial charge on any atom is 0.330 e. The van der Waals surface area contributed by atoms with E-state index in [0.717, 1.165) is 4.47 Å². The van der Waals surface area contributed by atoms with Gasteiger partial charge in [0.05, 0.1) is 0 Å². The van der Waals surface area contributed by atoms with Crippen LogP contribution < -0.4 is 15.6 Å². The predicted molar refractivity (Wildman–Crippen MR) is 81.7 cm³/mol. The Bertz CT molecular complexity index is 557. The number of hydrazine groups is 1. The Balaban J connectivity index is 2.21. The number of amides is 2. The summed E-state index contributed by atoms with van der Waals surface area (Å²) in [7, 11) is 0. The minimum Gasteiger partial charge on any atom is -0.484 e. The van der Waals surface area contributed by atoms with Crippen molar-refractivity contribution >= 4 is 33.7 Å². The predicted octanol–water partition coefficient (Wildman–Crippen LogP) is 1.09. The van der Waals surface area contributed by atoms with Crippen LogP contribution in [0.5, 0.6) is 5.75 Å². The Kier molecular flexibility index (Phi) is 7.69. The van der Waals surface area contributed by atoms with Gasteiger partial charge in [0.1, 0.15) is 5.75 Å². The van der Waals surface area contributed by atoms with Gasteiger partial charge in [0.25, 0.3) is 11.8 Å². The molecule has 0 saturated heterocycles. The second-order valence-corrected chi connectivity index (χ2v) is 4.86. The van der Waals surface area contributed by atoms with Crippen LogP contribution in [0.3, 0.4) is 0 Å². The molecule has 0 unspecified atom stereocenters. The molecule has 0 fully saturated rings. The Morgan fingerprint density at radius 1 is 1.09 bits per heavy atom. The van der Waals surface area contributed by atoms with Gasteiger partial charge in [0.15, 0.2) is 13.2 Å². The smallest absolute Gasteiger partial charge is 0.330 e. The van der Waals surface area contributed by atoms with E-state index in [1.165, 1.54) is 12.2 Å². The van der Waals surface area contributed by atoms with Crippen molar-refractivity contribution in [2.45, 2.75) is 6.92 Å². The van der Waals surface area contributed by atoms with Crippen LogP contribution in [-0.4, -0.2) is 31.0 Å². The van der Waals surface area contributed by atoms with Gasteiger partial charge >= 0.3 is 5.97 Å². The molecule has 0 atom stereocenters. The first-order valence-electron chi connectivity index (χ1n) is 6.26. The minimum absolute atomic E-state index is 0.264. The molecule has 0 aliphatic heterocycles. The number of nitrogens with one attached hydrogen (secondary N) is 2. The molecule has 0 heterocycles. The topological polar surface area (TPSA) is 93.7 Å². The molecule has 1 aromatic carbocycles. The lowest BCUT2D eigenvalue weighted by molar-refractivity contribution is -0.144. The number of carbonyl (C=O) groups is 3. The summed E-state index contributed by atoms with van der Waals surface area (Å²) in [5.74, 6) is -1.32. The number of hydrogen-bond donors (Lipinski definition) is 2. The number of esters is 1. The van der Waals surface area contributed by atoms with E-state index in [0.29, 0.717) is 5.75 Å². The summed E-state index contributed by atoms with van der Waals surface area (Å²) in [5, 5.41) is 0. The average molecular weight is 371 g/mol. The fourth-order valence-corrected chi connectivity index (χ4v) is 1.48. The lowest BCUT2D eigenvalue weighted by atomic mass is 10.3. The van der Waals surface area contributed by atoms with Crippen LogP contribution in [0, 0.1) is 0 Å². The van der Waals surface area contributed by atoms with Gasteiger partial charge in [-0.2, -0.15) is 0 Å². The van der Waals surface area contributed by atoms with E-state index < -0.39 is 24.4 Å². The third-order valence-electron chi connectivity index (χ3n) is 2.17. The highest BCUT2D eigenvalue weighted by molar-refractivity contribution is 9.10. The summed E-state index contributed by atoms with van der Waals surface area (Å²) in [4.78, 5) is 33.7. The van der Waals surface area contributed by atoms with Crippen LogP contribution in [0.1, 0.15) is 6.92 Å². The molecule has 1 rings (SSSR count). The summed E-state index contributed by atoms with van der Waals surface area (Å²) < 4.78 is 10.7. The molecule has 7 nitrogen and oxygen atoms in total. The minimum atomic E-state index is -0.658. The molecule has 0 aliphatic carbocycles. The van der Waals surface area contributed by atoms with Crippen molar-refractivity contribution in [2.75, 3.05) is 13.2 Å². The third-order valence-corrected chi connectivity index (χ3v) is 2.70. The highest BCUT2D eigenvalue weighted by Gasteiger charge is 2.07. The Morgan fingerprint density at radius 3 is 2.27 bits per heavy atom. The first-order valence-corrected chi connectivity index (χ1v) is 7.06. The molecule has 0 spiro atoms. The van der Waals surface area contributed by atoms with E-state index >= 15 is 0 Å². The van der Waals surface area contributed by atoms with E-state index in [9.17, 15) is 14.4 Å². The highest BCUT2D eigenvalue weighted by Crippen LogP contribution is 2.15. The number of halogens is 1. The second-order valence-electron chi connectivity index (χ2n) is 3.95. The van der Waals surface area contributed by atoms with Gasteiger partial charge in [-0.1, -0.05) is 22.0 Å². The number of carbonyl (C=O) groups excluding carboxylic acids is 3. The van der Waals surface area contributed by atoms with Gasteiger partial charge in [0, 0.05) is 10.5 Å². The average Bonchev–Trinajstić information content (AvgIpc) is 2.50. The Morgan fingerprint density at radius 2 is 1.68 bits per heavy atom. The molecule has 0 radical (unpaired) electrons. The van der Waals surface area contributed by atoms with Crippen molar-refractivity contribution in [1.29, 1.82) is 0 Å². The van der Waals surface area contributed by atoms with Gasteiger partial charge in [-0.15, -0.1) is 0 Å². The molecule has 2 amide bonds. The van der Waals surface area contributed by atoms with Crippen LogP contribution in [-0.2, 0) is 19.1 Å². The maximum absolute atomic E-state index is 11.4. The SMILES string of the molecule is C/C=C/C(=O)OCC(=O)NNC(=O)COc1ccc(Br)cc1. The van der Waals surface area contributed by atoms with Gasteiger partial charge in [-0.3, -0.25) is 20.4 Å². The normalized spacial score (nSPS) is 10.1. The van der Waals surface area contributed by atoms with Gasteiger partial charge in [-0.05, 0) is 31.2 Å². The molecule has 8 heteroatoms. The van der Waals surface area contributed by atoms with Crippen molar-refractivity contribution in [2.24, 2.45) is 0 Å². The molecule has 0 aliphatic rings. The van der Waals surface area contributed by atoms with E-state index in [2.05, 4.69) is 31.5 Å². The number of ether oxygens (including phenoxy) is 2. The molecule has 0 aromatic heterocycles. The van der Waals surface area contributed by atoms with Gasteiger partial charge in [0.2, 0.25) is 0 Å². The molecule has 118 valence electrons. The van der Waals surface area contributed by atoms with Crippen molar-refractivity contribution in [3.8, 4) is 5.75 Å². The summed E-state index contributed by atoms with van der Waals surface area (Å²) in [6, 6.07) is 6.93. The number of allylic oxidation sites excluding steroid dienone is 1. The van der Waals surface area contributed by atoms with Crippen LogP contribution in [0.15, 0.2) is 40.9 Å². The van der Waals surface area contributed by atoms with E-state index in [1.807, 2.05) is 0 Å². The fraction of sp³-hybridized carbons (Fsp3) is 0.214. The molecule has 2 N–H and O–H groups in total. The summed E-state index contributed by atoms with van der Waals surface area (Å²) in [6.07, 6.45) is 2.67. The first-order chi connectivity index (χ1) is 10.5. The summed E-state index contributed by atoms with van der Waals surface area (Å²) in [6.45, 7) is 0.893. The second kappa shape index (κ2) is 9.56. The molecule has 22 heavy (non-hydrogen) atoms. The van der Waals surface area contributed by atoms with Crippen molar-refractivity contribution < 1.29 is 23.9 Å².